The van der Waals surface area contributed by atoms with Crippen molar-refractivity contribution in [2.45, 2.75) is 0 Å². The lowest BCUT2D eigenvalue weighted by atomic mass is 10.2. The van der Waals surface area contributed by atoms with Crippen LogP contribution >= 0.6 is 23.2 Å². The van der Waals surface area contributed by atoms with Gasteiger partial charge < -0.3 is 4.74 Å². The van der Waals surface area contributed by atoms with Gasteiger partial charge in [0.05, 0.1) is 5.56 Å². The zero-order valence-corrected chi connectivity index (χ0v) is 9.90. The number of hydrogen-bond donors (Lipinski definition) is 0. The molecule has 0 bridgehead atoms. The lowest BCUT2D eigenvalue weighted by molar-refractivity contribution is 0.477. The molecule has 0 amide bonds. The summed E-state index contributed by atoms with van der Waals surface area (Å²) in [6.45, 7) is 0. The van der Waals surface area contributed by atoms with Crippen LogP contribution < -0.4 is 4.74 Å². The van der Waals surface area contributed by atoms with Crippen LogP contribution in [0.1, 0.15) is 5.56 Å². The molecule has 2 aromatic rings. The predicted molar refractivity (Wildman–Crippen MR) is 63.3 cm³/mol. The fourth-order valence-corrected chi connectivity index (χ4v) is 1.44. The zero-order valence-electron chi connectivity index (χ0n) is 8.39. The van der Waals surface area contributed by atoms with Gasteiger partial charge in [-0.25, -0.2) is 0 Å². The maximum atomic E-state index is 8.90. The summed E-state index contributed by atoms with van der Waals surface area (Å²) in [4.78, 5) is 0. The van der Waals surface area contributed by atoms with Gasteiger partial charge in [0.25, 0.3) is 0 Å². The third-order valence-electron chi connectivity index (χ3n) is 1.91. The van der Waals surface area contributed by atoms with Gasteiger partial charge in [-0.2, -0.15) is 5.26 Å². The third-order valence-corrected chi connectivity index (χ3v) is 2.36. The summed E-state index contributed by atoms with van der Waals surface area (Å²) in [5, 5.41) is 16.3. The van der Waals surface area contributed by atoms with E-state index in [4.69, 9.17) is 33.2 Å². The second kappa shape index (κ2) is 5.00. The van der Waals surface area contributed by atoms with Crippen LogP contribution in [-0.2, 0) is 0 Å². The number of ether oxygens (including phenoxy) is 1. The maximum absolute atomic E-state index is 8.90. The van der Waals surface area contributed by atoms with Gasteiger partial charge in [-0.05, 0) is 12.1 Å². The van der Waals surface area contributed by atoms with E-state index in [-0.39, 0.29) is 16.1 Å². The molecule has 17 heavy (non-hydrogen) atoms. The van der Waals surface area contributed by atoms with Gasteiger partial charge in [0, 0.05) is 6.07 Å². The van der Waals surface area contributed by atoms with E-state index in [9.17, 15) is 0 Å². The van der Waals surface area contributed by atoms with E-state index in [1.54, 1.807) is 24.3 Å². The minimum absolute atomic E-state index is 0.0853. The van der Waals surface area contributed by atoms with E-state index in [2.05, 4.69) is 10.2 Å². The third kappa shape index (κ3) is 2.64. The molecule has 0 aliphatic rings. The van der Waals surface area contributed by atoms with Crippen molar-refractivity contribution in [1.29, 1.82) is 5.26 Å². The van der Waals surface area contributed by atoms with Crippen LogP contribution in [-0.4, -0.2) is 10.2 Å². The monoisotopic (exact) mass is 265 g/mol. The number of benzene rings is 1. The van der Waals surface area contributed by atoms with Crippen LogP contribution in [0.2, 0.25) is 10.3 Å². The Morgan fingerprint density at radius 1 is 1.12 bits per heavy atom. The molecule has 0 aliphatic heterocycles. The fourth-order valence-electron chi connectivity index (χ4n) is 1.18. The quantitative estimate of drug-likeness (QED) is 0.835. The largest absolute Gasteiger partial charge is 0.453 e. The second-order valence-electron chi connectivity index (χ2n) is 3.03. The summed E-state index contributed by atoms with van der Waals surface area (Å²) < 4.78 is 5.47. The van der Waals surface area contributed by atoms with Gasteiger partial charge in [-0.3, -0.25) is 0 Å². The van der Waals surface area contributed by atoms with Gasteiger partial charge in [-0.15, -0.1) is 10.2 Å². The minimum atomic E-state index is 0.0853. The van der Waals surface area contributed by atoms with Crippen molar-refractivity contribution >= 4 is 23.2 Å². The molecule has 1 heterocycles. The number of halogens is 2. The Kier molecular flexibility index (Phi) is 3.43. The van der Waals surface area contributed by atoms with Crippen LogP contribution in [0.25, 0.3) is 0 Å². The van der Waals surface area contributed by atoms with Crippen LogP contribution in [0.15, 0.2) is 30.3 Å². The van der Waals surface area contributed by atoms with Gasteiger partial charge in [-0.1, -0.05) is 35.3 Å². The highest BCUT2D eigenvalue weighted by Crippen LogP contribution is 2.30. The highest BCUT2D eigenvalue weighted by atomic mass is 35.5. The molecule has 0 atom stereocenters. The molecule has 4 nitrogen and oxygen atoms in total. The average Bonchev–Trinajstić information content (AvgIpc) is 2.34. The lowest BCUT2D eigenvalue weighted by Gasteiger charge is -2.07. The first-order valence-corrected chi connectivity index (χ1v) is 5.32. The Hall–Kier alpha value is -1.83. The van der Waals surface area contributed by atoms with E-state index in [1.807, 2.05) is 6.07 Å². The Bertz CT molecular complexity index is 596. The van der Waals surface area contributed by atoms with Crippen molar-refractivity contribution in [3.63, 3.8) is 0 Å². The van der Waals surface area contributed by atoms with Crippen molar-refractivity contribution in [2.24, 2.45) is 0 Å². The Morgan fingerprint density at radius 2 is 1.88 bits per heavy atom. The Balaban J connectivity index is 2.38. The number of rotatable bonds is 2. The molecule has 0 N–H and O–H groups in total. The van der Waals surface area contributed by atoms with Crippen molar-refractivity contribution < 1.29 is 4.74 Å². The molecule has 1 aromatic carbocycles. The van der Waals surface area contributed by atoms with Crippen LogP contribution in [0.3, 0.4) is 0 Å². The summed E-state index contributed by atoms with van der Waals surface area (Å²) in [7, 11) is 0. The van der Waals surface area contributed by atoms with E-state index in [1.165, 1.54) is 6.07 Å². The molecule has 0 saturated carbocycles. The zero-order chi connectivity index (χ0) is 12.3. The molecule has 0 radical (unpaired) electrons. The summed E-state index contributed by atoms with van der Waals surface area (Å²) >= 11 is 11.5. The molecule has 84 valence electrons. The van der Waals surface area contributed by atoms with Crippen LogP contribution in [0, 0.1) is 11.3 Å². The maximum Gasteiger partial charge on any atom is 0.194 e. The van der Waals surface area contributed by atoms with E-state index in [0.29, 0.717) is 11.3 Å². The number of nitrogens with zero attached hydrogens (tertiary/aromatic N) is 3. The summed E-state index contributed by atoms with van der Waals surface area (Å²) in [5.41, 5.74) is 0.400. The fraction of sp³-hybridized carbons (Fsp3) is 0. The molecule has 1 aromatic heterocycles. The summed E-state index contributed by atoms with van der Waals surface area (Å²) in [5.74, 6) is 0.648. The molecule has 0 aliphatic carbocycles. The van der Waals surface area contributed by atoms with Crippen LogP contribution in [0.5, 0.6) is 11.5 Å². The van der Waals surface area contributed by atoms with E-state index < -0.39 is 0 Å². The summed E-state index contributed by atoms with van der Waals surface area (Å²) in [6, 6.07) is 10.2. The number of hydrogen-bond acceptors (Lipinski definition) is 4. The first-order chi connectivity index (χ1) is 8.20. The second-order valence-corrected chi connectivity index (χ2v) is 3.78. The van der Waals surface area contributed by atoms with Crippen molar-refractivity contribution in [3.05, 3.63) is 46.2 Å². The molecule has 0 fully saturated rings. The van der Waals surface area contributed by atoms with E-state index >= 15 is 0 Å². The van der Waals surface area contributed by atoms with Crippen LogP contribution in [0.4, 0.5) is 0 Å². The molecule has 0 saturated heterocycles. The number of para-hydroxylation sites is 1. The van der Waals surface area contributed by atoms with E-state index in [0.717, 1.165) is 0 Å². The minimum Gasteiger partial charge on any atom is -0.453 e. The molecule has 0 unspecified atom stereocenters. The Morgan fingerprint density at radius 3 is 2.65 bits per heavy atom. The summed E-state index contributed by atoms with van der Waals surface area (Å²) in [6.07, 6.45) is 0. The number of nitriles is 1. The normalized spacial score (nSPS) is 9.71. The predicted octanol–water partition coefficient (Wildman–Crippen LogP) is 3.45. The van der Waals surface area contributed by atoms with Gasteiger partial charge in [0.1, 0.15) is 11.8 Å². The van der Waals surface area contributed by atoms with Crippen molar-refractivity contribution in [2.75, 3.05) is 0 Å². The highest BCUT2D eigenvalue weighted by Gasteiger charge is 2.09. The number of aromatic nitrogens is 2. The SMILES string of the molecule is N#Cc1ccccc1Oc1cc(Cl)nnc1Cl. The average molecular weight is 266 g/mol. The van der Waals surface area contributed by atoms with Crippen molar-refractivity contribution in [1.82, 2.24) is 10.2 Å². The van der Waals surface area contributed by atoms with Gasteiger partial charge in [0.15, 0.2) is 16.1 Å². The Labute approximate surface area is 107 Å². The van der Waals surface area contributed by atoms with Gasteiger partial charge in [0.2, 0.25) is 0 Å². The first kappa shape index (κ1) is 11.6. The molecular formula is C11H5Cl2N3O. The molecule has 6 heteroatoms. The highest BCUT2D eigenvalue weighted by molar-refractivity contribution is 6.32. The topological polar surface area (TPSA) is 58.8 Å². The van der Waals surface area contributed by atoms with Crippen molar-refractivity contribution in [3.8, 4) is 17.6 Å². The lowest BCUT2D eigenvalue weighted by Crippen LogP contribution is -1.92. The smallest absolute Gasteiger partial charge is 0.194 e. The molecule has 2 rings (SSSR count). The van der Waals surface area contributed by atoms with Gasteiger partial charge >= 0.3 is 0 Å². The first-order valence-electron chi connectivity index (χ1n) is 4.56. The molecular weight excluding hydrogens is 261 g/mol. The standard InChI is InChI=1S/C11H5Cl2N3O/c12-10-5-9(11(13)16-15-10)17-8-4-2-1-3-7(8)6-14/h1-5H. The molecule has 0 spiro atoms.